The second-order valence-electron chi connectivity index (χ2n) is 5.73. The van der Waals surface area contributed by atoms with Crippen molar-refractivity contribution < 1.29 is 4.74 Å². The Bertz CT molecular complexity index is 714. The van der Waals surface area contributed by atoms with Crippen LogP contribution in [0.25, 0.3) is 0 Å². The summed E-state index contributed by atoms with van der Waals surface area (Å²) in [5.74, 6) is 1.13. The van der Waals surface area contributed by atoms with E-state index in [1.165, 1.54) is 0 Å². The third-order valence-corrected chi connectivity index (χ3v) is 2.56. The predicted octanol–water partition coefficient (Wildman–Crippen LogP) is 2.10. The molecule has 0 fully saturated rings. The second kappa shape index (κ2) is 6.38. The highest BCUT2D eigenvalue weighted by Crippen LogP contribution is 2.17. The number of H-pyrrole nitrogens is 1. The number of nitrogens with zero attached hydrogens (tertiary/aromatic N) is 3. The van der Waals surface area contributed by atoms with Gasteiger partial charge in [0.1, 0.15) is 17.0 Å². The molecular weight excluding hydrogens is 282 g/mol. The van der Waals surface area contributed by atoms with Crippen molar-refractivity contribution in [3.05, 3.63) is 46.0 Å². The van der Waals surface area contributed by atoms with Crippen LogP contribution in [-0.4, -0.2) is 27.0 Å². The number of hydrazone groups is 1. The van der Waals surface area contributed by atoms with Crippen molar-refractivity contribution in [2.45, 2.75) is 33.3 Å². The van der Waals surface area contributed by atoms with Crippen LogP contribution in [-0.2, 0) is 0 Å². The van der Waals surface area contributed by atoms with Crippen molar-refractivity contribution in [2.24, 2.45) is 5.10 Å². The fourth-order valence-corrected chi connectivity index (χ4v) is 1.64. The van der Waals surface area contributed by atoms with Crippen LogP contribution in [0.2, 0.25) is 0 Å². The second-order valence-corrected chi connectivity index (χ2v) is 5.73. The van der Waals surface area contributed by atoms with Crippen LogP contribution in [0, 0.1) is 6.92 Å². The molecule has 7 heteroatoms. The summed E-state index contributed by atoms with van der Waals surface area (Å²) in [5.41, 5.74) is 3.40. The molecule has 0 radical (unpaired) electrons. The van der Waals surface area contributed by atoms with E-state index in [1.54, 1.807) is 13.1 Å². The van der Waals surface area contributed by atoms with Crippen LogP contribution in [0.1, 0.15) is 32.0 Å². The number of nitrogens with one attached hydrogen (secondary N) is 2. The molecule has 0 aliphatic heterocycles. The molecule has 0 aliphatic carbocycles. The van der Waals surface area contributed by atoms with E-state index in [1.807, 2.05) is 45.0 Å². The highest BCUT2D eigenvalue weighted by Gasteiger charge is 2.11. The Hall–Kier alpha value is -2.70. The molecule has 0 saturated heterocycles. The number of hydrogen-bond acceptors (Lipinski definition) is 6. The predicted molar refractivity (Wildman–Crippen MR) is 85.4 cm³/mol. The lowest BCUT2D eigenvalue weighted by molar-refractivity contribution is 0.131. The summed E-state index contributed by atoms with van der Waals surface area (Å²) >= 11 is 0. The number of aryl methyl sites for hydroxylation is 1. The van der Waals surface area contributed by atoms with Gasteiger partial charge >= 0.3 is 5.69 Å². The zero-order valence-electron chi connectivity index (χ0n) is 13.0. The Balaban J connectivity index is 2.01. The maximum atomic E-state index is 11.1. The molecule has 22 heavy (non-hydrogen) atoms. The lowest BCUT2D eigenvalue weighted by Gasteiger charge is -2.21. The first-order chi connectivity index (χ1) is 10.3. The highest BCUT2D eigenvalue weighted by molar-refractivity contribution is 5.80. The first-order valence-electron chi connectivity index (χ1n) is 6.85. The standard InChI is InChI=1S/C15H19N5O2/c1-10-13(17-14(21)20-18-10)19-16-9-11-5-7-12(8-6-11)22-15(2,3)4/h5-9H,1-4H3,(H2,17,19,20,21)/b16-9+. The summed E-state index contributed by atoms with van der Waals surface area (Å²) in [7, 11) is 0. The molecule has 0 unspecified atom stereocenters. The minimum atomic E-state index is -0.521. The lowest BCUT2D eigenvalue weighted by Crippen LogP contribution is -2.22. The summed E-state index contributed by atoms with van der Waals surface area (Å²) in [5, 5.41) is 10.1. The third-order valence-electron chi connectivity index (χ3n) is 2.56. The van der Waals surface area contributed by atoms with E-state index in [9.17, 15) is 4.79 Å². The van der Waals surface area contributed by atoms with Gasteiger partial charge in [-0.2, -0.15) is 15.2 Å². The van der Waals surface area contributed by atoms with Gasteiger partial charge in [-0.3, -0.25) is 5.43 Å². The zero-order chi connectivity index (χ0) is 16.2. The molecule has 0 spiro atoms. The van der Waals surface area contributed by atoms with Crippen molar-refractivity contribution in [3.63, 3.8) is 0 Å². The van der Waals surface area contributed by atoms with E-state index in [-0.39, 0.29) is 5.60 Å². The van der Waals surface area contributed by atoms with Crippen molar-refractivity contribution in [3.8, 4) is 5.75 Å². The Kier molecular flexibility index (Phi) is 4.55. The molecule has 0 amide bonds. The number of benzene rings is 1. The summed E-state index contributed by atoms with van der Waals surface area (Å²) in [6.45, 7) is 7.71. The molecule has 2 N–H and O–H groups in total. The first-order valence-corrected chi connectivity index (χ1v) is 6.85. The summed E-state index contributed by atoms with van der Waals surface area (Å²) in [6.07, 6.45) is 1.63. The SMILES string of the molecule is Cc1n[nH]c(=O)nc1N/N=C/c1ccc(OC(C)(C)C)cc1. The van der Waals surface area contributed by atoms with Crippen LogP contribution in [0.3, 0.4) is 0 Å². The molecule has 1 aromatic carbocycles. The van der Waals surface area contributed by atoms with Crippen molar-refractivity contribution in [1.82, 2.24) is 15.2 Å². The molecular formula is C15H19N5O2. The maximum Gasteiger partial charge on any atom is 0.363 e. The van der Waals surface area contributed by atoms with E-state index in [2.05, 4.69) is 25.7 Å². The van der Waals surface area contributed by atoms with Gasteiger partial charge in [-0.15, -0.1) is 0 Å². The minimum absolute atomic E-state index is 0.228. The van der Waals surface area contributed by atoms with Gasteiger partial charge in [0, 0.05) is 0 Å². The normalized spacial score (nSPS) is 11.6. The van der Waals surface area contributed by atoms with E-state index >= 15 is 0 Å². The largest absolute Gasteiger partial charge is 0.488 e. The molecule has 0 saturated carbocycles. The number of hydrogen-bond donors (Lipinski definition) is 2. The molecule has 0 atom stereocenters. The van der Waals surface area contributed by atoms with Gasteiger partial charge in [0.25, 0.3) is 0 Å². The van der Waals surface area contributed by atoms with Crippen LogP contribution < -0.4 is 15.9 Å². The molecule has 2 rings (SSSR count). The third kappa shape index (κ3) is 4.69. The molecule has 7 nitrogen and oxygen atoms in total. The molecule has 1 aromatic heterocycles. The summed E-state index contributed by atoms with van der Waals surface area (Å²) < 4.78 is 5.74. The topological polar surface area (TPSA) is 92.3 Å². The number of anilines is 1. The van der Waals surface area contributed by atoms with Gasteiger partial charge in [0.2, 0.25) is 0 Å². The number of aromatic nitrogens is 3. The lowest BCUT2D eigenvalue weighted by atomic mass is 10.2. The maximum absolute atomic E-state index is 11.1. The first kappa shape index (κ1) is 15.7. The van der Waals surface area contributed by atoms with Gasteiger partial charge in [-0.1, -0.05) is 0 Å². The van der Waals surface area contributed by atoms with Gasteiger partial charge in [-0.05, 0) is 57.5 Å². The summed E-state index contributed by atoms with van der Waals surface area (Å²) in [4.78, 5) is 14.8. The molecule has 116 valence electrons. The van der Waals surface area contributed by atoms with Gasteiger partial charge in [0.05, 0.1) is 6.21 Å². The van der Waals surface area contributed by atoms with Crippen LogP contribution >= 0.6 is 0 Å². The molecule has 0 bridgehead atoms. The molecule has 0 aliphatic rings. The number of rotatable bonds is 4. The van der Waals surface area contributed by atoms with Crippen LogP contribution in [0.15, 0.2) is 34.2 Å². The number of ether oxygens (including phenoxy) is 1. The van der Waals surface area contributed by atoms with E-state index < -0.39 is 5.69 Å². The fourth-order valence-electron chi connectivity index (χ4n) is 1.64. The smallest absolute Gasteiger partial charge is 0.363 e. The summed E-state index contributed by atoms with van der Waals surface area (Å²) in [6, 6.07) is 7.54. The Morgan fingerprint density at radius 3 is 2.59 bits per heavy atom. The zero-order valence-corrected chi connectivity index (χ0v) is 13.0. The monoisotopic (exact) mass is 301 g/mol. The Labute approximate surface area is 128 Å². The van der Waals surface area contributed by atoms with Crippen LogP contribution in [0.5, 0.6) is 5.75 Å². The fraction of sp³-hybridized carbons (Fsp3) is 0.333. The van der Waals surface area contributed by atoms with Crippen molar-refractivity contribution >= 4 is 12.0 Å². The quantitative estimate of drug-likeness (QED) is 0.666. The Morgan fingerprint density at radius 2 is 1.95 bits per heavy atom. The van der Waals surface area contributed by atoms with Crippen molar-refractivity contribution in [1.29, 1.82) is 0 Å². The van der Waals surface area contributed by atoms with Gasteiger partial charge in [0.15, 0.2) is 5.82 Å². The van der Waals surface area contributed by atoms with Crippen molar-refractivity contribution in [2.75, 3.05) is 5.43 Å². The van der Waals surface area contributed by atoms with Gasteiger partial charge in [-0.25, -0.2) is 9.89 Å². The van der Waals surface area contributed by atoms with E-state index in [0.717, 1.165) is 11.3 Å². The van der Waals surface area contributed by atoms with E-state index in [0.29, 0.717) is 11.5 Å². The average molecular weight is 301 g/mol. The average Bonchev–Trinajstić information content (AvgIpc) is 2.43. The van der Waals surface area contributed by atoms with Crippen LogP contribution in [0.4, 0.5) is 5.82 Å². The Morgan fingerprint density at radius 1 is 1.27 bits per heavy atom. The molecule has 1 heterocycles. The minimum Gasteiger partial charge on any atom is -0.488 e. The van der Waals surface area contributed by atoms with E-state index in [4.69, 9.17) is 4.74 Å². The number of aromatic amines is 1. The van der Waals surface area contributed by atoms with Gasteiger partial charge < -0.3 is 4.74 Å². The molecule has 2 aromatic rings. The highest BCUT2D eigenvalue weighted by atomic mass is 16.5.